The zero-order chi connectivity index (χ0) is 8.57. The third-order valence-corrected chi connectivity index (χ3v) is 0.331. The monoisotopic (exact) mass is 146 g/mol. The second kappa shape index (κ2) is 7.48. The highest BCUT2D eigenvalue weighted by Gasteiger charge is 1.73. The Hall–Kier alpha value is -1.52. The minimum Gasteiger partial charge on any atom is -0.465 e. The fourth-order valence-corrected chi connectivity index (χ4v) is 0.164. The van der Waals surface area contributed by atoms with Crippen molar-refractivity contribution in [1.29, 1.82) is 0 Å². The molecule has 0 fully saturated rings. The Balaban J connectivity index is 0. The fourth-order valence-electron chi connectivity index (χ4n) is 0.164. The highest BCUT2D eigenvalue weighted by molar-refractivity contribution is 5.85. The van der Waals surface area contributed by atoms with Gasteiger partial charge < -0.3 is 16.6 Å². The number of allylic oxidation sites excluding steroid dienone is 1. The standard InChI is InChI=1S/C4H7NO.CH3NO2/c1-2-3-4(5)6;2-1(3)4/h2-3H,1H3,(H2,5,6);2H2,(H,3,4)/b3-2+;. The molecule has 0 aliphatic heterocycles. The summed E-state index contributed by atoms with van der Waals surface area (Å²) in [5.41, 5.74) is 8.70. The van der Waals surface area contributed by atoms with Crippen molar-refractivity contribution >= 4 is 12.0 Å². The summed E-state index contributed by atoms with van der Waals surface area (Å²) in [4.78, 5) is 18.5. The molecule has 0 aromatic heterocycles. The molecule has 0 radical (unpaired) electrons. The van der Waals surface area contributed by atoms with Crippen LogP contribution in [-0.4, -0.2) is 17.1 Å². The maximum absolute atomic E-state index is 9.73. The number of carbonyl (C=O) groups excluding carboxylic acids is 1. The molecule has 0 saturated heterocycles. The zero-order valence-corrected chi connectivity index (χ0v) is 5.57. The zero-order valence-electron chi connectivity index (χ0n) is 5.57. The molecule has 0 spiro atoms. The van der Waals surface area contributed by atoms with E-state index in [1.54, 1.807) is 13.0 Å². The predicted molar refractivity (Wildman–Crippen MR) is 36.2 cm³/mol. The molecule has 58 valence electrons. The SMILES string of the molecule is C/C=C/C(N)=O.NC(=O)O. The van der Waals surface area contributed by atoms with Crippen LogP contribution in [0.3, 0.4) is 0 Å². The van der Waals surface area contributed by atoms with E-state index in [1.807, 2.05) is 0 Å². The number of primary amides is 2. The molecule has 0 bridgehead atoms. The lowest BCUT2D eigenvalue weighted by Gasteiger charge is -1.70. The molecular weight excluding hydrogens is 136 g/mol. The normalized spacial score (nSPS) is 8.10. The highest BCUT2D eigenvalue weighted by Crippen LogP contribution is 1.62. The van der Waals surface area contributed by atoms with E-state index >= 15 is 0 Å². The first kappa shape index (κ1) is 11.3. The summed E-state index contributed by atoms with van der Waals surface area (Å²) in [7, 11) is 0. The minimum absolute atomic E-state index is 0.391. The topological polar surface area (TPSA) is 106 Å². The van der Waals surface area contributed by atoms with Crippen molar-refractivity contribution in [3.63, 3.8) is 0 Å². The number of hydrogen-bond acceptors (Lipinski definition) is 2. The van der Waals surface area contributed by atoms with Crippen LogP contribution in [0.4, 0.5) is 4.79 Å². The Labute approximate surface area is 58.3 Å². The number of rotatable bonds is 1. The summed E-state index contributed by atoms with van der Waals surface area (Å²) in [6.45, 7) is 1.74. The average molecular weight is 146 g/mol. The van der Waals surface area contributed by atoms with Crippen LogP contribution in [0, 0.1) is 0 Å². The Kier molecular flexibility index (Phi) is 8.45. The molecule has 0 heterocycles. The van der Waals surface area contributed by atoms with Gasteiger partial charge in [-0.1, -0.05) is 6.08 Å². The minimum atomic E-state index is -1.33. The lowest BCUT2D eigenvalue weighted by molar-refractivity contribution is -0.113. The fraction of sp³-hybridized carbons (Fsp3) is 0.200. The summed E-state index contributed by atoms with van der Waals surface area (Å²) in [6, 6.07) is 0. The van der Waals surface area contributed by atoms with Crippen molar-refractivity contribution in [2.24, 2.45) is 11.5 Å². The van der Waals surface area contributed by atoms with Gasteiger partial charge in [-0.15, -0.1) is 0 Å². The first-order valence-corrected chi connectivity index (χ1v) is 2.41. The quantitative estimate of drug-likeness (QED) is 0.441. The molecule has 5 N–H and O–H groups in total. The van der Waals surface area contributed by atoms with Gasteiger partial charge in [-0.05, 0) is 13.0 Å². The highest BCUT2D eigenvalue weighted by atomic mass is 16.4. The molecule has 0 aromatic rings. The summed E-state index contributed by atoms with van der Waals surface area (Å²) in [5.74, 6) is -0.391. The second-order valence-corrected chi connectivity index (χ2v) is 1.24. The molecule has 0 unspecified atom stereocenters. The Morgan fingerprint density at radius 2 is 1.70 bits per heavy atom. The van der Waals surface area contributed by atoms with Gasteiger partial charge >= 0.3 is 6.09 Å². The Morgan fingerprint density at radius 1 is 1.40 bits per heavy atom. The molecule has 0 saturated carbocycles. The van der Waals surface area contributed by atoms with Gasteiger partial charge in [-0.2, -0.15) is 0 Å². The van der Waals surface area contributed by atoms with Gasteiger partial charge in [-0.3, -0.25) is 4.79 Å². The number of amides is 2. The van der Waals surface area contributed by atoms with Crippen LogP contribution in [0.2, 0.25) is 0 Å². The molecule has 10 heavy (non-hydrogen) atoms. The molecule has 0 atom stereocenters. The van der Waals surface area contributed by atoms with Crippen molar-refractivity contribution in [1.82, 2.24) is 0 Å². The number of carbonyl (C=O) groups is 2. The predicted octanol–water partition coefficient (Wildman–Crippen LogP) is -0.329. The largest absolute Gasteiger partial charge is 0.465 e. The Morgan fingerprint density at radius 3 is 1.70 bits per heavy atom. The molecule has 5 heteroatoms. The van der Waals surface area contributed by atoms with E-state index in [-0.39, 0.29) is 0 Å². The van der Waals surface area contributed by atoms with E-state index in [9.17, 15) is 4.79 Å². The van der Waals surface area contributed by atoms with Crippen LogP contribution < -0.4 is 11.5 Å². The van der Waals surface area contributed by atoms with Crippen molar-refractivity contribution < 1.29 is 14.7 Å². The van der Waals surface area contributed by atoms with E-state index < -0.39 is 12.0 Å². The van der Waals surface area contributed by atoms with Crippen LogP contribution in [0.15, 0.2) is 12.2 Å². The van der Waals surface area contributed by atoms with E-state index in [0.29, 0.717) is 0 Å². The molecule has 0 rings (SSSR count). The van der Waals surface area contributed by atoms with Crippen molar-refractivity contribution in [2.45, 2.75) is 6.92 Å². The summed E-state index contributed by atoms with van der Waals surface area (Å²) in [6.07, 6.45) is 1.57. The van der Waals surface area contributed by atoms with Crippen LogP contribution in [0.5, 0.6) is 0 Å². The molecular formula is C5H10N2O3. The van der Waals surface area contributed by atoms with Gasteiger partial charge in [0.15, 0.2) is 0 Å². The lowest BCUT2D eigenvalue weighted by Crippen LogP contribution is -2.04. The summed E-state index contributed by atoms with van der Waals surface area (Å²) in [5, 5.41) is 7.19. The van der Waals surface area contributed by atoms with Gasteiger partial charge in [0.2, 0.25) is 5.91 Å². The van der Waals surface area contributed by atoms with E-state index in [4.69, 9.17) is 9.90 Å². The van der Waals surface area contributed by atoms with Crippen molar-refractivity contribution in [3.05, 3.63) is 12.2 Å². The van der Waals surface area contributed by atoms with Gasteiger partial charge in [0, 0.05) is 0 Å². The molecule has 5 nitrogen and oxygen atoms in total. The Bertz CT molecular complexity index is 138. The van der Waals surface area contributed by atoms with Gasteiger partial charge in [-0.25, -0.2) is 4.79 Å². The molecule has 2 amide bonds. The van der Waals surface area contributed by atoms with Crippen molar-refractivity contribution in [2.75, 3.05) is 0 Å². The first-order chi connectivity index (χ1) is 4.50. The maximum atomic E-state index is 9.73. The number of nitrogens with two attached hydrogens (primary N) is 2. The molecule has 0 aliphatic rings. The maximum Gasteiger partial charge on any atom is 0.402 e. The van der Waals surface area contributed by atoms with Crippen LogP contribution >= 0.6 is 0 Å². The van der Waals surface area contributed by atoms with Gasteiger partial charge in [0.05, 0.1) is 0 Å². The molecule has 0 aliphatic carbocycles. The van der Waals surface area contributed by atoms with Crippen LogP contribution in [0.25, 0.3) is 0 Å². The third kappa shape index (κ3) is 88.8. The lowest BCUT2D eigenvalue weighted by atomic mass is 10.5. The second-order valence-electron chi connectivity index (χ2n) is 1.24. The van der Waals surface area contributed by atoms with Crippen molar-refractivity contribution in [3.8, 4) is 0 Å². The van der Waals surface area contributed by atoms with Crippen LogP contribution in [-0.2, 0) is 4.79 Å². The van der Waals surface area contributed by atoms with Crippen LogP contribution in [0.1, 0.15) is 6.92 Å². The summed E-state index contributed by atoms with van der Waals surface area (Å²) >= 11 is 0. The van der Waals surface area contributed by atoms with Gasteiger partial charge in [0.1, 0.15) is 0 Å². The smallest absolute Gasteiger partial charge is 0.402 e. The summed E-state index contributed by atoms with van der Waals surface area (Å²) < 4.78 is 0. The van der Waals surface area contributed by atoms with E-state index in [1.165, 1.54) is 6.08 Å². The average Bonchev–Trinajstić information content (AvgIpc) is 1.62. The molecule has 0 aromatic carbocycles. The van der Waals surface area contributed by atoms with E-state index in [2.05, 4.69) is 11.5 Å². The van der Waals surface area contributed by atoms with E-state index in [0.717, 1.165) is 0 Å². The third-order valence-electron chi connectivity index (χ3n) is 0.331. The number of hydrogen-bond donors (Lipinski definition) is 3. The van der Waals surface area contributed by atoms with Gasteiger partial charge in [0.25, 0.3) is 0 Å². The number of carboxylic acid groups (broad SMARTS) is 1. The first-order valence-electron chi connectivity index (χ1n) is 2.41.